The number of hydrogen-bond acceptors (Lipinski definition) is 7. The molecule has 4 aromatic rings. The lowest BCUT2D eigenvalue weighted by molar-refractivity contribution is 0.0988. The monoisotopic (exact) mass is 433 g/mol. The average molecular weight is 433 g/mol. The van der Waals surface area contributed by atoms with Gasteiger partial charge in [-0.3, -0.25) is 14.5 Å². The van der Waals surface area contributed by atoms with Gasteiger partial charge in [-0.05, 0) is 36.8 Å². The van der Waals surface area contributed by atoms with E-state index in [0.717, 1.165) is 41.8 Å². The number of carbonyl (C=O) groups is 1. The molecule has 0 unspecified atom stereocenters. The van der Waals surface area contributed by atoms with Gasteiger partial charge in [0.2, 0.25) is 5.82 Å². The molecule has 4 N–H and O–H groups in total. The second-order valence-corrected chi connectivity index (χ2v) is 7.60. The molecule has 0 bridgehead atoms. The Balaban J connectivity index is 1.62. The number of rotatable bonds is 5. The number of fused-ring (bicyclic) bond motifs is 1. The van der Waals surface area contributed by atoms with Crippen molar-refractivity contribution in [2.75, 3.05) is 31.2 Å². The maximum absolute atomic E-state index is 12.1. The SMILES string of the molecule is CCc1n[nH]c2cc(O)c(-c3nnc(C(N)=O)n3-c3ccc(N4CCOCC4)cc3)cc12. The van der Waals surface area contributed by atoms with E-state index >= 15 is 0 Å². The Morgan fingerprint density at radius 1 is 1.16 bits per heavy atom. The van der Waals surface area contributed by atoms with E-state index in [1.54, 1.807) is 16.7 Å². The van der Waals surface area contributed by atoms with Crippen molar-refractivity contribution in [3.63, 3.8) is 0 Å². The Labute approximate surface area is 183 Å². The van der Waals surface area contributed by atoms with Crippen LogP contribution in [0, 0.1) is 0 Å². The van der Waals surface area contributed by atoms with Crippen molar-refractivity contribution in [3.05, 3.63) is 47.9 Å². The number of aromatic hydroxyl groups is 1. The number of H-pyrrole nitrogens is 1. The molecule has 164 valence electrons. The molecular formula is C22H23N7O3. The van der Waals surface area contributed by atoms with Crippen LogP contribution in [0.5, 0.6) is 5.75 Å². The first kappa shape index (κ1) is 20.0. The maximum Gasteiger partial charge on any atom is 0.287 e. The summed E-state index contributed by atoms with van der Waals surface area (Å²) in [5.74, 6) is -0.403. The molecule has 0 aliphatic carbocycles. The van der Waals surface area contributed by atoms with E-state index in [2.05, 4.69) is 25.3 Å². The summed E-state index contributed by atoms with van der Waals surface area (Å²) in [6, 6.07) is 11.1. The van der Waals surface area contributed by atoms with Gasteiger partial charge in [0.25, 0.3) is 5.91 Å². The number of primary amides is 1. The first-order valence-electron chi connectivity index (χ1n) is 10.5. The van der Waals surface area contributed by atoms with Crippen LogP contribution in [0.2, 0.25) is 0 Å². The smallest absolute Gasteiger partial charge is 0.287 e. The van der Waals surface area contributed by atoms with Crippen molar-refractivity contribution in [3.8, 4) is 22.8 Å². The van der Waals surface area contributed by atoms with Gasteiger partial charge in [-0.25, -0.2) is 0 Å². The molecule has 1 aliphatic heterocycles. The molecule has 1 fully saturated rings. The number of carbonyl (C=O) groups excluding carboxylic acids is 1. The standard InChI is InChI=1S/C22H23N7O3/c1-2-17-15-11-16(19(30)12-18(15)25-24-17)21-26-27-22(20(23)31)29(21)14-5-3-13(4-6-14)28-7-9-32-10-8-28/h3-6,11-12,30H,2,7-10H2,1H3,(H2,23,31)(H,24,25). The zero-order valence-electron chi connectivity index (χ0n) is 17.6. The lowest BCUT2D eigenvalue weighted by atomic mass is 10.1. The minimum absolute atomic E-state index is 0.00147. The average Bonchev–Trinajstić information content (AvgIpc) is 3.43. The summed E-state index contributed by atoms with van der Waals surface area (Å²) in [5, 5.41) is 27.0. The fraction of sp³-hybridized carbons (Fsp3) is 0.273. The number of nitrogens with zero attached hydrogens (tertiary/aromatic N) is 5. The largest absolute Gasteiger partial charge is 0.507 e. The fourth-order valence-electron chi connectivity index (χ4n) is 4.05. The van der Waals surface area contributed by atoms with Crippen LogP contribution in [0.15, 0.2) is 36.4 Å². The molecule has 1 aliphatic rings. The van der Waals surface area contributed by atoms with Gasteiger partial charge in [0, 0.05) is 35.9 Å². The predicted molar refractivity (Wildman–Crippen MR) is 119 cm³/mol. The van der Waals surface area contributed by atoms with Crippen LogP contribution in [-0.2, 0) is 11.2 Å². The molecule has 2 aromatic carbocycles. The Bertz CT molecular complexity index is 1290. The second-order valence-electron chi connectivity index (χ2n) is 7.60. The van der Waals surface area contributed by atoms with Crippen LogP contribution in [0.25, 0.3) is 28.0 Å². The molecular weight excluding hydrogens is 410 g/mol. The molecule has 0 atom stereocenters. The highest BCUT2D eigenvalue weighted by Gasteiger charge is 2.23. The third kappa shape index (κ3) is 3.34. The summed E-state index contributed by atoms with van der Waals surface area (Å²) in [6.07, 6.45) is 0.729. The third-order valence-corrected chi connectivity index (χ3v) is 5.70. The first-order chi connectivity index (χ1) is 15.6. The third-order valence-electron chi connectivity index (χ3n) is 5.70. The van der Waals surface area contributed by atoms with Gasteiger partial charge in [0.1, 0.15) is 5.75 Å². The van der Waals surface area contributed by atoms with E-state index < -0.39 is 5.91 Å². The molecule has 1 amide bonds. The summed E-state index contributed by atoms with van der Waals surface area (Å²) in [7, 11) is 0. The lowest BCUT2D eigenvalue weighted by Gasteiger charge is -2.29. The number of morpholine rings is 1. The van der Waals surface area contributed by atoms with E-state index in [9.17, 15) is 9.90 Å². The number of ether oxygens (including phenoxy) is 1. The highest BCUT2D eigenvalue weighted by atomic mass is 16.5. The van der Waals surface area contributed by atoms with Crippen molar-refractivity contribution >= 4 is 22.5 Å². The molecule has 0 radical (unpaired) electrons. The van der Waals surface area contributed by atoms with Crippen LogP contribution in [0.1, 0.15) is 23.2 Å². The van der Waals surface area contributed by atoms with Gasteiger partial charge >= 0.3 is 0 Å². The number of aromatic nitrogens is 5. The molecule has 10 heteroatoms. The summed E-state index contributed by atoms with van der Waals surface area (Å²) < 4.78 is 6.99. The molecule has 1 saturated heterocycles. The molecule has 2 aromatic heterocycles. The number of anilines is 1. The van der Waals surface area contributed by atoms with Crippen LogP contribution in [-0.4, -0.2) is 62.3 Å². The van der Waals surface area contributed by atoms with Crippen molar-refractivity contribution in [1.29, 1.82) is 0 Å². The van der Waals surface area contributed by atoms with Gasteiger partial charge in [-0.2, -0.15) is 5.10 Å². The van der Waals surface area contributed by atoms with Crippen LogP contribution in [0.3, 0.4) is 0 Å². The Morgan fingerprint density at radius 2 is 1.88 bits per heavy atom. The number of phenols is 1. The van der Waals surface area contributed by atoms with Crippen LogP contribution >= 0.6 is 0 Å². The fourth-order valence-corrected chi connectivity index (χ4v) is 4.05. The predicted octanol–water partition coefficient (Wildman–Crippen LogP) is 2.01. The number of amides is 1. The number of nitrogens with one attached hydrogen (secondary N) is 1. The lowest BCUT2D eigenvalue weighted by Crippen LogP contribution is -2.36. The number of aryl methyl sites for hydroxylation is 1. The number of phenolic OH excluding ortho intramolecular Hbond substituents is 1. The number of nitrogens with two attached hydrogens (primary N) is 1. The topological polar surface area (TPSA) is 135 Å². The summed E-state index contributed by atoms with van der Waals surface area (Å²) >= 11 is 0. The van der Waals surface area contributed by atoms with Gasteiger partial charge in [-0.15, -0.1) is 10.2 Å². The highest BCUT2D eigenvalue weighted by molar-refractivity contribution is 5.92. The minimum atomic E-state index is -0.709. The zero-order valence-corrected chi connectivity index (χ0v) is 17.6. The van der Waals surface area contributed by atoms with E-state index in [1.807, 2.05) is 31.2 Å². The van der Waals surface area contributed by atoms with E-state index in [0.29, 0.717) is 30.3 Å². The molecule has 3 heterocycles. The zero-order chi connectivity index (χ0) is 22.2. The van der Waals surface area contributed by atoms with Gasteiger partial charge < -0.3 is 20.5 Å². The summed E-state index contributed by atoms with van der Waals surface area (Å²) in [5.41, 5.74) is 9.34. The molecule has 0 spiro atoms. The number of aromatic amines is 1. The minimum Gasteiger partial charge on any atom is -0.507 e. The Kier molecular flexibility index (Phi) is 4.98. The second kappa shape index (κ2) is 7.97. The van der Waals surface area contributed by atoms with Crippen molar-refractivity contribution in [1.82, 2.24) is 25.0 Å². The molecule has 5 rings (SSSR count). The van der Waals surface area contributed by atoms with Crippen molar-refractivity contribution in [2.45, 2.75) is 13.3 Å². The Morgan fingerprint density at radius 3 is 2.56 bits per heavy atom. The number of benzene rings is 2. The van der Waals surface area contributed by atoms with E-state index in [4.69, 9.17) is 10.5 Å². The Hall–Kier alpha value is -3.92. The maximum atomic E-state index is 12.1. The molecule has 10 nitrogen and oxygen atoms in total. The van der Waals surface area contributed by atoms with Crippen molar-refractivity contribution in [2.24, 2.45) is 5.73 Å². The molecule has 32 heavy (non-hydrogen) atoms. The highest BCUT2D eigenvalue weighted by Crippen LogP contribution is 2.35. The van der Waals surface area contributed by atoms with Gasteiger partial charge in [0.05, 0.1) is 30.0 Å². The first-order valence-corrected chi connectivity index (χ1v) is 10.5. The van der Waals surface area contributed by atoms with Crippen LogP contribution < -0.4 is 10.6 Å². The quantitative estimate of drug-likeness (QED) is 0.438. The number of hydrogen-bond donors (Lipinski definition) is 3. The normalized spacial score (nSPS) is 14.2. The summed E-state index contributed by atoms with van der Waals surface area (Å²) in [6.45, 7) is 5.04. The summed E-state index contributed by atoms with van der Waals surface area (Å²) in [4.78, 5) is 14.3. The van der Waals surface area contributed by atoms with E-state index in [-0.39, 0.29) is 11.6 Å². The van der Waals surface area contributed by atoms with E-state index in [1.165, 1.54) is 0 Å². The van der Waals surface area contributed by atoms with Crippen molar-refractivity contribution < 1.29 is 14.6 Å². The van der Waals surface area contributed by atoms with Gasteiger partial charge in [0.15, 0.2) is 5.82 Å². The van der Waals surface area contributed by atoms with Gasteiger partial charge in [-0.1, -0.05) is 6.92 Å². The molecule has 0 saturated carbocycles. The van der Waals surface area contributed by atoms with Crippen LogP contribution in [0.4, 0.5) is 5.69 Å².